The van der Waals surface area contributed by atoms with Crippen LogP contribution in [-0.4, -0.2) is 23.0 Å². The Balaban J connectivity index is 0.00000158. The first-order chi connectivity index (χ1) is 25.1. The number of fused-ring (bicyclic) bond motifs is 1. The van der Waals surface area contributed by atoms with Crippen molar-refractivity contribution >= 4 is 11.8 Å². The number of carbonyl (C=O) groups excluding carboxylic acids is 2. The van der Waals surface area contributed by atoms with Crippen LogP contribution in [0.3, 0.4) is 0 Å². The predicted octanol–water partition coefficient (Wildman–Crippen LogP) is 14.4. The third-order valence-electron chi connectivity index (χ3n) is 9.12. The second kappa shape index (κ2) is 38.5. The molecule has 0 radical (unpaired) electrons. The molecule has 0 fully saturated rings. The number of hydrogen-bond acceptors (Lipinski definition) is 3. The second-order valence-electron chi connectivity index (χ2n) is 13.7. The van der Waals surface area contributed by atoms with E-state index in [9.17, 15) is 14.7 Å². The SMILES string of the molecule is CC.CCCCC/C=C\C/C=C\CCCCCCCCC(O)CCCCCCCC/C=C\C/C=C\CCCCC.O=C1NC(=O)c2ccccc21. The summed E-state index contributed by atoms with van der Waals surface area (Å²) in [7, 11) is 0. The number of allylic oxidation sites excluding steroid dienone is 8. The number of imide groups is 1. The largest absolute Gasteiger partial charge is 0.393 e. The Morgan fingerprint density at radius 2 is 0.804 bits per heavy atom. The maximum Gasteiger partial charge on any atom is 0.258 e. The van der Waals surface area contributed by atoms with Crippen molar-refractivity contribution in [3.8, 4) is 0 Å². The van der Waals surface area contributed by atoms with E-state index in [-0.39, 0.29) is 17.9 Å². The maximum absolute atomic E-state index is 10.9. The zero-order chi connectivity index (χ0) is 37.5. The highest BCUT2D eigenvalue weighted by atomic mass is 16.3. The van der Waals surface area contributed by atoms with Crippen LogP contribution in [0.15, 0.2) is 72.9 Å². The number of rotatable bonds is 30. The fourth-order valence-corrected chi connectivity index (χ4v) is 6.00. The van der Waals surface area contributed by atoms with Crippen LogP contribution in [0.5, 0.6) is 0 Å². The number of aliphatic hydroxyl groups excluding tert-OH is 1. The van der Waals surface area contributed by atoms with Crippen LogP contribution < -0.4 is 5.32 Å². The van der Waals surface area contributed by atoms with Gasteiger partial charge < -0.3 is 5.11 Å². The number of hydrogen-bond donors (Lipinski definition) is 2. The summed E-state index contributed by atoms with van der Waals surface area (Å²) in [6.07, 6.45) is 51.6. The molecular weight excluding hydrogens is 627 g/mol. The van der Waals surface area contributed by atoms with Crippen LogP contribution in [-0.2, 0) is 0 Å². The van der Waals surface area contributed by atoms with Gasteiger partial charge in [-0.3, -0.25) is 14.9 Å². The van der Waals surface area contributed by atoms with Crippen molar-refractivity contribution in [1.82, 2.24) is 5.32 Å². The maximum atomic E-state index is 10.9. The third-order valence-corrected chi connectivity index (χ3v) is 9.12. The molecule has 51 heavy (non-hydrogen) atoms. The van der Waals surface area contributed by atoms with Crippen molar-refractivity contribution in [3.05, 3.63) is 84.0 Å². The molecule has 2 N–H and O–H groups in total. The molecule has 1 aromatic carbocycles. The fourth-order valence-electron chi connectivity index (χ4n) is 6.00. The minimum Gasteiger partial charge on any atom is -0.393 e. The van der Waals surface area contributed by atoms with Crippen molar-refractivity contribution in [2.75, 3.05) is 0 Å². The highest BCUT2D eigenvalue weighted by Gasteiger charge is 2.25. The Bertz CT molecular complexity index is 972. The van der Waals surface area contributed by atoms with Gasteiger partial charge in [0.25, 0.3) is 11.8 Å². The summed E-state index contributed by atoms with van der Waals surface area (Å²) in [5.74, 6) is -0.601. The van der Waals surface area contributed by atoms with Gasteiger partial charge >= 0.3 is 0 Å². The molecule has 0 aromatic heterocycles. The van der Waals surface area contributed by atoms with E-state index in [0.29, 0.717) is 11.1 Å². The molecule has 4 heteroatoms. The van der Waals surface area contributed by atoms with Crippen molar-refractivity contribution in [2.24, 2.45) is 0 Å². The molecule has 0 bridgehead atoms. The van der Waals surface area contributed by atoms with E-state index in [0.717, 1.165) is 25.7 Å². The lowest BCUT2D eigenvalue weighted by Gasteiger charge is -2.10. The minimum absolute atomic E-state index is 0.0633. The molecule has 0 aliphatic carbocycles. The molecule has 2 rings (SSSR count). The molecule has 0 spiro atoms. The zero-order valence-electron chi connectivity index (χ0n) is 33.7. The molecule has 290 valence electrons. The quantitative estimate of drug-likeness (QED) is 0.0476. The summed E-state index contributed by atoms with van der Waals surface area (Å²) in [5.41, 5.74) is 0.940. The lowest BCUT2D eigenvalue weighted by Crippen LogP contribution is -2.19. The normalized spacial score (nSPS) is 12.6. The molecule has 2 amide bonds. The molecule has 0 saturated carbocycles. The number of carbonyl (C=O) groups is 2. The Morgan fingerprint density at radius 3 is 1.16 bits per heavy atom. The van der Waals surface area contributed by atoms with Gasteiger partial charge in [0.2, 0.25) is 0 Å². The number of nitrogens with one attached hydrogen (secondary N) is 1. The van der Waals surface area contributed by atoms with E-state index in [1.807, 2.05) is 13.8 Å². The smallest absolute Gasteiger partial charge is 0.258 e. The summed E-state index contributed by atoms with van der Waals surface area (Å²) < 4.78 is 0. The lowest BCUT2D eigenvalue weighted by atomic mass is 10.0. The Kier molecular flexibility index (Phi) is 36.5. The van der Waals surface area contributed by atoms with Crippen LogP contribution in [0.1, 0.15) is 215 Å². The Labute approximate surface area is 315 Å². The Morgan fingerprint density at radius 1 is 0.490 bits per heavy atom. The van der Waals surface area contributed by atoms with E-state index in [2.05, 4.69) is 67.8 Å². The molecule has 0 atom stereocenters. The summed E-state index contributed by atoms with van der Waals surface area (Å²) in [6.45, 7) is 8.52. The lowest BCUT2D eigenvalue weighted by molar-refractivity contribution is 0.0879. The van der Waals surface area contributed by atoms with Crippen LogP contribution >= 0.6 is 0 Å². The van der Waals surface area contributed by atoms with Gasteiger partial charge in [-0.05, 0) is 89.2 Å². The van der Waals surface area contributed by atoms with Crippen LogP contribution in [0.25, 0.3) is 0 Å². The van der Waals surface area contributed by atoms with Crippen molar-refractivity contribution in [2.45, 2.75) is 201 Å². The molecule has 1 heterocycles. The summed E-state index contributed by atoms with van der Waals surface area (Å²) in [5, 5.41) is 12.5. The Hall–Kier alpha value is -2.72. The summed E-state index contributed by atoms with van der Waals surface area (Å²) in [4.78, 5) is 21.9. The van der Waals surface area contributed by atoms with Crippen LogP contribution in [0.4, 0.5) is 0 Å². The van der Waals surface area contributed by atoms with Gasteiger partial charge in [-0.25, -0.2) is 0 Å². The van der Waals surface area contributed by atoms with Gasteiger partial charge in [0, 0.05) is 0 Å². The van der Waals surface area contributed by atoms with Gasteiger partial charge in [-0.2, -0.15) is 0 Å². The molecule has 0 unspecified atom stereocenters. The molecule has 1 aromatic rings. The van der Waals surface area contributed by atoms with E-state index < -0.39 is 0 Å². The van der Waals surface area contributed by atoms with E-state index in [1.54, 1.807) is 24.3 Å². The number of aliphatic hydroxyl groups is 1. The minimum atomic E-state index is -0.300. The van der Waals surface area contributed by atoms with Gasteiger partial charge in [0.15, 0.2) is 0 Å². The fraction of sp³-hybridized carbons (Fsp3) is 0.660. The summed E-state index contributed by atoms with van der Waals surface area (Å²) >= 11 is 0. The molecule has 4 nitrogen and oxygen atoms in total. The summed E-state index contributed by atoms with van der Waals surface area (Å²) in [6, 6.07) is 6.74. The average Bonchev–Trinajstić information content (AvgIpc) is 3.44. The van der Waals surface area contributed by atoms with Crippen molar-refractivity contribution in [3.63, 3.8) is 0 Å². The van der Waals surface area contributed by atoms with Crippen LogP contribution in [0.2, 0.25) is 0 Å². The van der Waals surface area contributed by atoms with E-state index >= 15 is 0 Å². The van der Waals surface area contributed by atoms with Gasteiger partial charge in [0.05, 0.1) is 17.2 Å². The average molecular weight is 706 g/mol. The second-order valence-corrected chi connectivity index (χ2v) is 13.7. The molecular formula is C47H79NO3. The van der Waals surface area contributed by atoms with Crippen LogP contribution in [0, 0.1) is 0 Å². The number of unbranched alkanes of at least 4 members (excludes halogenated alkanes) is 18. The topological polar surface area (TPSA) is 66.4 Å². The number of benzene rings is 1. The predicted molar refractivity (Wildman–Crippen MR) is 224 cm³/mol. The first-order valence-corrected chi connectivity index (χ1v) is 21.3. The monoisotopic (exact) mass is 706 g/mol. The van der Waals surface area contributed by atoms with E-state index in [1.165, 1.54) is 141 Å². The number of amides is 2. The highest BCUT2D eigenvalue weighted by Crippen LogP contribution is 2.16. The highest BCUT2D eigenvalue weighted by molar-refractivity contribution is 6.21. The van der Waals surface area contributed by atoms with E-state index in [4.69, 9.17) is 0 Å². The van der Waals surface area contributed by atoms with Gasteiger partial charge in [-0.15, -0.1) is 0 Å². The first-order valence-electron chi connectivity index (χ1n) is 21.3. The molecule has 1 aliphatic rings. The molecule has 1 aliphatic heterocycles. The van der Waals surface area contributed by atoms with Gasteiger partial charge in [-0.1, -0.05) is 178 Å². The standard InChI is InChI=1S/C37H68O.C8H5NO2.C2H6/c1-3-5-7-9-11-13-15-17-19-21-23-25-27-29-31-33-35-37(38)36-34-32-30-28-26-24-22-20-18-16-14-12-10-8-6-4-2;10-7-5-3-1-2-4-6(5)8(11)9-7;1-2/h11-14,17-20,37-38H,3-10,15-16,21-36H2,1-2H3;1-4H,(H,9,10,11);1-2H3/b13-11-,14-12-,19-17-,20-18-;;. The first kappa shape index (κ1) is 48.3. The van der Waals surface area contributed by atoms with Gasteiger partial charge in [0.1, 0.15) is 0 Å². The van der Waals surface area contributed by atoms with Crippen molar-refractivity contribution < 1.29 is 14.7 Å². The van der Waals surface area contributed by atoms with Crippen molar-refractivity contribution in [1.29, 1.82) is 0 Å². The third kappa shape index (κ3) is 30.6. The zero-order valence-corrected chi connectivity index (χ0v) is 33.7. The molecule has 0 saturated heterocycles.